The predicted octanol–water partition coefficient (Wildman–Crippen LogP) is 3.57. The SMILES string of the molecule is O=C(Nc1ccc(Cl)cc1Cl)c1ccc[nH]1. The number of halogens is 2. The summed E-state index contributed by atoms with van der Waals surface area (Å²) >= 11 is 11.7. The van der Waals surface area contributed by atoms with E-state index in [9.17, 15) is 4.79 Å². The Morgan fingerprint density at radius 2 is 2.06 bits per heavy atom. The third kappa shape index (κ3) is 2.38. The molecule has 3 nitrogen and oxygen atoms in total. The maximum atomic E-state index is 11.7. The van der Waals surface area contributed by atoms with Crippen molar-refractivity contribution in [3.8, 4) is 0 Å². The van der Waals surface area contributed by atoms with Gasteiger partial charge in [0.15, 0.2) is 0 Å². The van der Waals surface area contributed by atoms with E-state index in [1.807, 2.05) is 0 Å². The smallest absolute Gasteiger partial charge is 0.272 e. The van der Waals surface area contributed by atoms with Crippen LogP contribution >= 0.6 is 23.2 Å². The molecule has 0 radical (unpaired) electrons. The highest BCUT2D eigenvalue weighted by molar-refractivity contribution is 6.36. The molecule has 2 N–H and O–H groups in total. The van der Waals surface area contributed by atoms with Gasteiger partial charge >= 0.3 is 0 Å². The quantitative estimate of drug-likeness (QED) is 0.846. The molecule has 0 bridgehead atoms. The van der Waals surface area contributed by atoms with Crippen molar-refractivity contribution in [1.29, 1.82) is 0 Å². The molecule has 0 saturated carbocycles. The van der Waals surface area contributed by atoms with Gasteiger partial charge in [-0.2, -0.15) is 0 Å². The third-order valence-corrected chi connectivity index (χ3v) is 2.57. The summed E-state index contributed by atoms with van der Waals surface area (Å²) in [5.41, 5.74) is 1.01. The van der Waals surface area contributed by atoms with Crippen molar-refractivity contribution in [3.63, 3.8) is 0 Å². The molecule has 0 unspecified atom stereocenters. The van der Waals surface area contributed by atoms with E-state index in [2.05, 4.69) is 10.3 Å². The molecule has 0 spiro atoms. The fourth-order valence-corrected chi connectivity index (χ4v) is 1.71. The number of carbonyl (C=O) groups excluding carboxylic acids is 1. The Bertz CT molecular complexity index is 509. The number of aromatic amines is 1. The van der Waals surface area contributed by atoms with Gasteiger partial charge in [0.2, 0.25) is 0 Å². The number of anilines is 1. The highest BCUT2D eigenvalue weighted by atomic mass is 35.5. The fourth-order valence-electron chi connectivity index (χ4n) is 1.25. The normalized spacial score (nSPS) is 10.1. The molecule has 0 aliphatic carbocycles. The molecule has 0 saturated heterocycles. The number of benzene rings is 1. The van der Waals surface area contributed by atoms with E-state index in [1.54, 1.807) is 36.5 Å². The van der Waals surface area contributed by atoms with Gasteiger partial charge in [-0.15, -0.1) is 0 Å². The molecule has 2 aromatic rings. The third-order valence-electron chi connectivity index (χ3n) is 2.02. The molecule has 1 aromatic carbocycles. The van der Waals surface area contributed by atoms with E-state index in [0.29, 0.717) is 21.4 Å². The van der Waals surface area contributed by atoms with Crippen LogP contribution in [0, 0.1) is 0 Å². The summed E-state index contributed by atoms with van der Waals surface area (Å²) < 4.78 is 0. The Balaban J connectivity index is 2.18. The zero-order valence-electron chi connectivity index (χ0n) is 8.13. The van der Waals surface area contributed by atoms with Crippen LogP contribution in [0.4, 0.5) is 5.69 Å². The number of hydrogen-bond donors (Lipinski definition) is 2. The van der Waals surface area contributed by atoms with Gasteiger partial charge in [0, 0.05) is 11.2 Å². The van der Waals surface area contributed by atoms with Crippen LogP contribution in [0.5, 0.6) is 0 Å². The summed E-state index contributed by atoms with van der Waals surface area (Å²) in [5.74, 6) is -0.241. The number of amides is 1. The Labute approximate surface area is 102 Å². The summed E-state index contributed by atoms with van der Waals surface area (Å²) in [4.78, 5) is 14.5. The molecule has 0 atom stereocenters. The van der Waals surface area contributed by atoms with Crippen LogP contribution in [0.1, 0.15) is 10.5 Å². The molecule has 1 amide bonds. The lowest BCUT2D eigenvalue weighted by molar-refractivity contribution is 0.102. The van der Waals surface area contributed by atoms with Crippen LogP contribution in [0.3, 0.4) is 0 Å². The van der Waals surface area contributed by atoms with E-state index in [1.165, 1.54) is 0 Å². The molecule has 5 heteroatoms. The first-order valence-corrected chi connectivity index (χ1v) is 5.32. The number of hydrogen-bond acceptors (Lipinski definition) is 1. The Morgan fingerprint density at radius 1 is 1.25 bits per heavy atom. The molecule has 1 aromatic heterocycles. The van der Waals surface area contributed by atoms with Crippen molar-refractivity contribution in [3.05, 3.63) is 52.3 Å². The zero-order chi connectivity index (χ0) is 11.5. The summed E-state index contributed by atoms with van der Waals surface area (Å²) in [6, 6.07) is 8.33. The van der Waals surface area contributed by atoms with Gasteiger partial charge in [0.1, 0.15) is 5.69 Å². The standard InChI is InChI=1S/C11H8Cl2N2O/c12-7-3-4-9(8(13)6-7)15-11(16)10-2-1-5-14-10/h1-6,14H,(H,15,16). The van der Waals surface area contributed by atoms with Gasteiger partial charge in [-0.05, 0) is 30.3 Å². The lowest BCUT2D eigenvalue weighted by Gasteiger charge is -2.06. The van der Waals surface area contributed by atoms with Crippen molar-refractivity contribution in [2.75, 3.05) is 5.32 Å². The first-order valence-electron chi connectivity index (χ1n) is 4.56. The molecule has 0 aliphatic heterocycles. The fraction of sp³-hybridized carbons (Fsp3) is 0. The Morgan fingerprint density at radius 3 is 2.69 bits per heavy atom. The topological polar surface area (TPSA) is 44.9 Å². The molecule has 0 aliphatic rings. The van der Waals surface area contributed by atoms with Gasteiger partial charge in [0.25, 0.3) is 5.91 Å². The van der Waals surface area contributed by atoms with E-state index in [0.717, 1.165) is 0 Å². The summed E-state index contributed by atoms with van der Waals surface area (Å²) in [6.45, 7) is 0. The number of H-pyrrole nitrogens is 1. The Kier molecular flexibility index (Phi) is 3.17. The van der Waals surface area contributed by atoms with E-state index in [4.69, 9.17) is 23.2 Å². The van der Waals surface area contributed by atoms with Crippen LogP contribution in [0.25, 0.3) is 0 Å². The highest BCUT2D eigenvalue weighted by Crippen LogP contribution is 2.25. The minimum absolute atomic E-state index is 0.241. The van der Waals surface area contributed by atoms with Crippen molar-refractivity contribution in [2.24, 2.45) is 0 Å². The van der Waals surface area contributed by atoms with Crippen molar-refractivity contribution in [2.45, 2.75) is 0 Å². The summed E-state index contributed by atoms with van der Waals surface area (Å²) in [6.07, 6.45) is 1.68. The van der Waals surface area contributed by atoms with Gasteiger partial charge in [0.05, 0.1) is 10.7 Å². The molecule has 1 heterocycles. The number of aromatic nitrogens is 1. The van der Waals surface area contributed by atoms with E-state index < -0.39 is 0 Å². The first-order chi connectivity index (χ1) is 7.66. The number of rotatable bonds is 2. The lowest BCUT2D eigenvalue weighted by Crippen LogP contribution is -2.12. The second-order valence-electron chi connectivity index (χ2n) is 3.16. The van der Waals surface area contributed by atoms with Gasteiger partial charge in [-0.25, -0.2) is 0 Å². The maximum absolute atomic E-state index is 11.7. The molecular weight excluding hydrogens is 247 g/mol. The van der Waals surface area contributed by atoms with E-state index >= 15 is 0 Å². The first kappa shape index (κ1) is 11.0. The number of carbonyl (C=O) groups is 1. The minimum atomic E-state index is -0.241. The molecule has 0 fully saturated rings. The lowest BCUT2D eigenvalue weighted by atomic mass is 10.3. The molecule has 2 rings (SSSR count). The zero-order valence-corrected chi connectivity index (χ0v) is 9.64. The van der Waals surface area contributed by atoms with Crippen LogP contribution in [0.2, 0.25) is 10.0 Å². The van der Waals surface area contributed by atoms with Crippen LogP contribution in [-0.4, -0.2) is 10.9 Å². The average Bonchev–Trinajstić information content (AvgIpc) is 2.75. The van der Waals surface area contributed by atoms with Gasteiger partial charge < -0.3 is 10.3 Å². The summed E-state index contributed by atoms with van der Waals surface area (Å²) in [5, 5.41) is 3.62. The van der Waals surface area contributed by atoms with E-state index in [-0.39, 0.29) is 5.91 Å². The molecule has 82 valence electrons. The van der Waals surface area contributed by atoms with Crippen LogP contribution < -0.4 is 5.32 Å². The highest BCUT2D eigenvalue weighted by Gasteiger charge is 2.08. The monoisotopic (exact) mass is 254 g/mol. The largest absolute Gasteiger partial charge is 0.357 e. The second-order valence-corrected chi connectivity index (χ2v) is 4.01. The van der Waals surface area contributed by atoms with Gasteiger partial charge in [-0.3, -0.25) is 4.79 Å². The predicted molar refractivity (Wildman–Crippen MR) is 65.2 cm³/mol. The van der Waals surface area contributed by atoms with Gasteiger partial charge in [-0.1, -0.05) is 23.2 Å². The van der Waals surface area contributed by atoms with Crippen molar-refractivity contribution >= 4 is 34.8 Å². The summed E-state index contributed by atoms with van der Waals surface area (Å²) in [7, 11) is 0. The molecular formula is C11H8Cl2N2O. The average molecular weight is 255 g/mol. The molecule has 16 heavy (non-hydrogen) atoms. The van der Waals surface area contributed by atoms with Crippen molar-refractivity contribution < 1.29 is 4.79 Å². The number of nitrogens with one attached hydrogen (secondary N) is 2. The minimum Gasteiger partial charge on any atom is -0.357 e. The van der Waals surface area contributed by atoms with Crippen LogP contribution in [0.15, 0.2) is 36.5 Å². The second kappa shape index (κ2) is 4.60. The maximum Gasteiger partial charge on any atom is 0.272 e. The van der Waals surface area contributed by atoms with Crippen LogP contribution in [-0.2, 0) is 0 Å². The van der Waals surface area contributed by atoms with Crippen molar-refractivity contribution in [1.82, 2.24) is 4.98 Å². The Hall–Kier alpha value is -1.45.